The first kappa shape index (κ1) is 18.5. The summed E-state index contributed by atoms with van der Waals surface area (Å²) < 4.78 is 0.853. The normalized spacial score (nSPS) is 16.5. The zero-order valence-electron chi connectivity index (χ0n) is 14.9. The van der Waals surface area contributed by atoms with E-state index < -0.39 is 5.91 Å². The fourth-order valence-electron chi connectivity index (χ4n) is 3.49. The van der Waals surface area contributed by atoms with Crippen LogP contribution in [-0.2, 0) is 4.79 Å². The van der Waals surface area contributed by atoms with E-state index in [1.807, 2.05) is 18.2 Å². The van der Waals surface area contributed by atoms with Crippen molar-refractivity contribution in [1.82, 2.24) is 15.3 Å². The maximum Gasteiger partial charge on any atom is 0.293 e. The van der Waals surface area contributed by atoms with E-state index in [1.54, 1.807) is 0 Å². The van der Waals surface area contributed by atoms with Gasteiger partial charge in [0.25, 0.3) is 11.5 Å². The van der Waals surface area contributed by atoms with Crippen molar-refractivity contribution in [2.24, 2.45) is 5.73 Å². The highest BCUT2D eigenvalue weighted by atomic mass is 79.9. The van der Waals surface area contributed by atoms with Crippen LogP contribution in [0.15, 0.2) is 33.7 Å². The lowest BCUT2D eigenvalue weighted by molar-refractivity contribution is -0.112. The van der Waals surface area contributed by atoms with E-state index in [4.69, 9.17) is 10.7 Å². The molecule has 28 heavy (non-hydrogen) atoms. The molecule has 0 saturated carbocycles. The van der Waals surface area contributed by atoms with E-state index in [2.05, 4.69) is 43.4 Å². The molecule has 8 heteroatoms. The van der Waals surface area contributed by atoms with Gasteiger partial charge in [0.15, 0.2) is 0 Å². The summed E-state index contributed by atoms with van der Waals surface area (Å²) in [5.41, 5.74) is 5.77. The third kappa shape index (κ3) is 3.59. The molecule has 7 nitrogen and oxygen atoms in total. The predicted octanol–water partition coefficient (Wildman–Crippen LogP) is 1.84. The Balaban J connectivity index is 1.99. The topological polar surface area (TPSA) is 113 Å². The van der Waals surface area contributed by atoms with Gasteiger partial charge in [-0.2, -0.15) is 0 Å². The minimum Gasteiger partial charge on any atom is -0.366 e. The molecule has 4 rings (SSSR count). The van der Waals surface area contributed by atoms with Gasteiger partial charge in [-0.3, -0.25) is 9.59 Å². The van der Waals surface area contributed by atoms with Gasteiger partial charge < -0.3 is 21.4 Å². The van der Waals surface area contributed by atoms with Gasteiger partial charge in [-0.1, -0.05) is 21.9 Å². The van der Waals surface area contributed by atoms with E-state index in [0.717, 1.165) is 41.2 Å². The quantitative estimate of drug-likeness (QED) is 0.359. The lowest BCUT2D eigenvalue weighted by Crippen LogP contribution is -2.38. The molecule has 1 saturated heterocycles. The van der Waals surface area contributed by atoms with Gasteiger partial charge in [-0.15, -0.1) is 0 Å². The number of nitrogens with two attached hydrogens (primary N) is 1. The number of H-pyrrole nitrogens is 1. The average Bonchev–Trinajstić information content (AvgIpc) is 2.68. The molecule has 0 spiro atoms. The largest absolute Gasteiger partial charge is 0.366 e. The molecule has 3 aromatic rings. The monoisotopic (exact) mass is 439 g/mol. The van der Waals surface area contributed by atoms with E-state index in [-0.39, 0.29) is 11.6 Å². The highest BCUT2D eigenvalue weighted by Crippen LogP contribution is 2.31. The Morgan fingerprint density at radius 3 is 2.96 bits per heavy atom. The van der Waals surface area contributed by atoms with Gasteiger partial charge in [0.05, 0.1) is 16.5 Å². The third-order valence-corrected chi connectivity index (χ3v) is 5.25. The molecule has 142 valence electrons. The summed E-state index contributed by atoms with van der Waals surface area (Å²) in [4.78, 5) is 31.1. The standard InChI is InChI=1S/C20H18BrN5O2/c21-12-4-5-14-15(8-12)17-18(11(3-6-16(22)27)9-24-20(17)28)26-19(14)25-13-2-1-7-23-10-13/h4-5,8-9,13,23H,1-2,7,10H2,(H2,22,27)(H,24,28)(H,25,26)/t13-/m0/s1. The summed E-state index contributed by atoms with van der Waals surface area (Å²) >= 11 is 3.48. The Morgan fingerprint density at radius 2 is 2.21 bits per heavy atom. The molecule has 0 aliphatic carbocycles. The average molecular weight is 440 g/mol. The number of aromatic nitrogens is 2. The maximum absolute atomic E-state index is 12.6. The number of nitrogens with zero attached hydrogens (tertiary/aromatic N) is 1. The number of anilines is 1. The molecule has 1 aliphatic rings. The fourth-order valence-corrected chi connectivity index (χ4v) is 3.85. The Kier molecular flexibility index (Phi) is 5.03. The van der Waals surface area contributed by atoms with E-state index in [1.165, 1.54) is 6.20 Å². The minimum atomic E-state index is -0.741. The predicted molar refractivity (Wildman–Crippen MR) is 113 cm³/mol. The molecule has 3 heterocycles. The summed E-state index contributed by atoms with van der Waals surface area (Å²) in [5, 5.41) is 8.93. The van der Waals surface area contributed by atoms with E-state index in [9.17, 15) is 9.59 Å². The second kappa shape index (κ2) is 7.62. The molecule has 0 unspecified atom stereocenters. The van der Waals surface area contributed by atoms with Crippen LogP contribution in [0.2, 0.25) is 0 Å². The van der Waals surface area contributed by atoms with Crippen LogP contribution in [0.5, 0.6) is 0 Å². The SMILES string of the molecule is NC(=O)C#Cc1c[nH]c(=O)c2c1nc(N[C@H]1CCCNC1)c1ccc(Br)cc12. The van der Waals surface area contributed by atoms with Crippen LogP contribution in [-0.4, -0.2) is 35.0 Å². The van der Waals surface area contributed by atoms with Crippen molar-refractivity contribution in [2.75, 3.05) is 18.4 Å². The molecular formula is C20H18BrN5O2. The van der Waals surface area contributed by atoms with Crippen LogP contribution in [0.25, 0.3) is 21.7 Å². The number of aromatic amines is 1. The third-order valence-electron chi connectivity index (χ3n) is 4.75. The van der Waals surface area contributed by atoms with E-state index >= 15 is 0 Å². The Morgan fingerprint density at radius 1 is 1.36 bits per heavy atom. The zero-order valence-corrected chi connectivity index (χ0v) is 16.5. The molecule has 1 aromatic carbocycles. The van der Waals surface area contributed by atoms with Gasteiger partial charge in [-0.05, 0) is 37.6 Å². The van der Waals surface area contributed by atoms with Crippen LogP contribution in [0.1, 0.15) is 18.4 Å². The number of primary amides is 1. The van der Waals surface area contributed by atoms with Gasteiger partial charge >= 0.3 is 0 Å². The first-order valence-electron chi connectivity index (χ1n) is 8.96. The van der Waals surface area contributed by atoms with Crippen molar-refractivity contribution < 1.29 is 4.79 Å². The summed E-state index contributed by atoms with van der Waals surface area (Å²) in [6, 6.07) is 5.99. The lowest BCUT2D eigenvalue weighted by Gasteiger charge is -2.25. The number of hydrogen-bond donors (Lipinski definition) is 4. The Bertz CT molecular complexity index is 1200. The summed E-state index contributed by atoms with van der Waals surface area (Å²) in [5.74, 6) is 4.99. The number of piperidine rings is 1. The smallest absolute Gasteiger partial charge is 0.293 e. The van der Waals surface area contributed by atoms with Crippen molar-refractivity contribution in [2.45, 2.75) is 18.9 Å². The van der Waals surface area contributed by atoms with E-state index in [0.29, 0.717) is 22.3 Å². The van der Waals surface area contributed by atoms with Gasteiger partial charge in [0, 0.05) is 39.9 Å². The molecule has 1 amide bonds. The van der Waals surface area contributed by atoms with Crippen LogP contribution < -0.4 is 21.9 Å². The minimum absolute atomic E-state index is 0.243. The number of carbonyl (C=O) groups excluding carboxylic acids is 1. The number of carbonyl (C=O) groups is 1. The Hall–Kier alpha value is -2.89. The number of pyridine rings is 2. The Labute approximate surface area is 169 Å². The molecular weight excluding hydrogens is 422 g/mol. The van der Waals surface area contributed by atoms with Gasteiger partial charge in [0.2, 0.25) is 0 Å². The number of amides is 1. The number of fused-ring (bicyclic) bond motifs is 3. The molecule has 2 aromatic heterocycles. The first-order valence-corrected chi connectivity index (χ1v) is 9.75. The van der Waals surface area contributed by atoms with Crippen LogP contribution in [0.4, 0.5) is 5.82 Å². The van der Waals surface area contributed by atoms with Gasteiger partial charge in [-0.25, -0.2) is 4.98 Å². The first-order chi connectivity index (χ1) is 13.5. The number of benzene rings is 1. The highest BCUT2D eigenvalue weighted by Gasteiger charge is 2.18. The number of nitrogens with one attached hydrogen (secondary N) is 3. The molecule has 1 aliphatic heterocycles. The summed E-state index contributed by atoms with van der Waals surface area (Å²) in [6.45, 7) is 1.86. The number of rotatable bonds is 2. The molecule has 1 atom stereocenters. The van der Waals surface area contributed by atoms with Crippen molar-refractivity contribution in [1.29, 1.82) is 0 Å². The second-order valence-electron chi connectivity index (χ2n) is 6.71. The lowest BCUT2D eigenvalue weighted by atomic mass is 10.0. The number of halogens is 1. The summed E-state index contributed by atoms with van der Waals surface area (Å²) in [6.07, 6.45) is 3.58. The van der Waals surface area contributed by atoms with Crippen LogP contribution in [0, 0.1) is 11.8 Å². The molecule has 0 radical (unpaired) electrons. The molecule has 1 fully saturated rings. The van der Waals surface area contributed by atoms with Crippen molar-refractivity contribution >= 4 is 49.3 Å². The van der Waals surface area contributed by atoms with Crippen molar-refractivity contribution in [3.8, 4) is 11.8 Å². The van der Waals surface area contributed by atoms with Crippen molar-refractivity contribution in [3.63, 3.8) is 0 Å². The second-order valence-corrected chi connectivity index (χ2v) is 7.62. The van der Waals surface area contributed by atoms with Crippen LogP contribution >= 0.6 is 15.9 Å². The fraction of sp³-hybridized carbons (Fsp3) is 0.250. The van der Waals surface area contributed by atoms with Crippen LogP contribution in [0.3, 0.4) is 0 Å². The highest BCUT2D eigenvalue weighted by molar-refractivity contribution is 9.10. The maximum atomic E-state index is 12.6. The molecule has 5 N–H and O–H groups in total. The number of hydrogen-bond acceptors (Lipinski definition) is 5. The van der Waals surface area contributed by atoms with Gasteiger partial charge in [0.1, 0.15) is 5.82 Å². The van der Waals surface area contributed by atoms with Crippen molar-refractivity contribution in [3.05, 3.63) is 44.8 Å². The zero-order chi connectivity index (χ0) is 19.7. The summed E-state index contributed by atoms with van der Waals surface area (Å²) in [7, 11) is 0. The molecule has 0 bridgehead atoms.